The first-order chi connectivity index (χ1) is 5.65. The van der Waals surface area contributed by atoms with E-state index in [-0.39, 0.29) is 64.1 Å². The van der Waals surface area contributed by atoms with Crippen LogP contribution in [0.25, 0.3) is 0 Å². The number of carbonyl (C=O) groups is 1. The number of hydrogen-bond donors (Lipinski definition) is 2. The molecule has 0 aromatic heterocycles. The van der Waals surface area contributed by atoms with E-state index in [1.165, 1.54) is 25.3 Å². The predicted octanol–water partition coefficient (Wildman–Crippen LogP) is -1.78. The second-order valence-corrected chi connectivity index (χ2v) is 2.19. The number of ether oxygens (including phenoxy) is 1. The van der Waals surface area contributed by atoms with E-state index in [0.717, 1.165) is 0 Å². The summed E-state index contributed by atoms with van der Waals surface area (Å²) >= 11 is 0. The number of benzene rings is 1. The molecule has 0 saturated carbocycles. The average molecular weight is 208 g/mol. The maximum atomic E-state index is 10.4. The molecule has 0 spiro atoms. The second kappa shape index (κ2) is 5.61. The molecule has 2 N–H and O–H groups in total. The number of phenols is 1. The molecule has 5 heteroatoms. The van der Waals surface area contributed by atoms with E-state index < -0.39 is 5.97 Å². The van der Waals surface area contributed by atoms with Gasteiger partial charge >= 0.3 is 57.4 Å². The summed E-state index contributed by atoms with van der Waals surface area (Å²) in [6.07, 6.45) is 0. The first kappa shape index (κ1) is 12.9. The van der Waals surface area contributed by atoms with Gasteiger partial charge in [0.15, 0.2) is 0 Å². The quantitative estimate of drug-likeness (QED) is 0.564. The van der Waals surface area contributed by atoms with Crippen LogP contribution in [0, 0.1) is 0 Å². The van der Waals surface area contributed by atoms with Gasteiger partial charge in [0.25, 0.3) is 0 Å². The summed E-state index contributed by atoms with van der Waals surface area (Å²) in [5, 5.41) is 17.7. The van der Waals surface area contributed by atoms with Gasteiger partial charge in [0.1, 0.15) is 17.1 Å². The molecule has 0 amide bonds. The van der Waals surface area contributed by atoms with Gasteiger partial charge < -0.3 is 16.4 Å². The van der Waals surface area contributed by atoms with E-state index in [0.29, 0.717) is 5.75 Å². The first-order valence-electron chi connectivity index (χ1n) is 3.25. The Kier molecular flexibility index (Phi) is 5.58. The van der Waals surface area contributed by atoms with Crippen LogP contribution < -0.4 is 56.1 Å². The van der Waals surface area contributed by atoms with Crippen molar-refractivity contribution in [3.05, 3.63) is 23.8 Å². The summed E-state index contributed by atoms with van der Waals surface area (Å²) in [6.45, 7) is 0. The van der Waals surface area contributed by atoms with Crippen molar-refractivity contribution in [1.82, 2.24) is 0 Å². The number of carboxylic acid groups (broad SMARTS) is 1. The van der Waals surface area contributed by atoms with Crippen molar-refractivity contribution in [2.45, 2.75) is 0 Å². The van der Waals surface area contributed by atoms with E-state index in [2.05, 4.69) is 0 Å². The molecule has 0 saturated heterocycles. The van der Waals surface area contributed by atoms with Crippen molar-refractivity contribution in [3.8, 4) is 11.5 Å². The van der Waals surface area contributed by atoms with Crippen LogP contribution in [0.2, 0.25) is 0 Å². The molecule has 1 rings (SSSR count). The van der Waals surface area contributed by atoms with Crippen molar-refractivity contribution in [3.63, 3.8) is 0 Å². The summed E-state index contributed by atoms with van der Waals surface area (Å²) in [7, 11) is 1.44. The third-order valence-electron chi connectivity index (χ3n) is 1.44. The standard InChI is InChI=1S/C8H8O4.K.H/c1-12-5-2-3-6(8(10)11)7(9)4-5;;/h2-4,9H,1H3,(H,10,11);;/q;+1;-1. The van der Waals surface area contributed by atoms with Crippen molar-refractivity contribution in [2.24, 2.45) is 0 Å². The zero-order valence-corrected chi connectivity index (χ0v) is 10.6. The molecular formula is C8H9KO4. The Hall–Kier alpha value is -0.0736. The van der Waals surface area contributed by atoms with Crippen LogP contribution in [-0.4, -0.2) is 23.3 Å². The fraction of sp³-hybridized carbons (Fsp3) is 0.125. The van der Waals surface area contributed by atoms with Crippen LogP contribution in [-0.2, 0) is 0 Å². The molecule has 0 aliphatic carbocycles. The van der Waals surface area contributed by atoms with Gasteiger partial charge in [-0.25, -0.2) is 4.79 Å². The fourth-order valence-electron chi connectivity index (χ4n) is 0.819. The Morgan fingerprint density at radius 3 is 2.54 bits per heavy atom. The third-order valence-corrected chi connectivity index (χ3v) is 1.44. The second-order valence-electron chi connectivity index (χ2n) is 2.19. The predicted molar refractivity (Wildman–Crippen MR) is 42.7 cm³/mol. The molecule has 4 nitrogen and oxygen atoms in total. The van der Waals surface area contributed by atoms with Gasteiger partial charge in [0.05, 0.1) is 7.11 Å². The zero-order chi connectivity index (χ0) is 9.14. The van der Waals surface area contributed by atoms with E-state index in [1.807, 2.05) is 0 Å². The minimum absolute atomic E-state index is 0. The molecule has 66 valence electrons. The molecule has 13 heavy (non-hydrogen) atoms. The van der Waals surface area contributed by atoms with Crippen LogP contribution in [0.3, 0.4) is 0 Å². The van der Waals surface area contributed by atoms with E-state index in [1.54, 1.807) is 0 Å². The van der Waals surface area contributed by atoms with Crippen LogP contribution >= 0.6 is 0 Å². The summed E-state index contributed by atoms with van der Waals surface area (Å²) in [6, 6.07) is 4.02. The molecule has 1 aromatic carbocycles. The number of carboxylic acids is 1. The number of aromatic carboxylic acids is 1. The number of methoxy groups -OCH3 is 1. The maximum Gasteiger partial charge on any atom is 1.00 e. The summed E-state index contributed by atoms with van der Waals surface area (Å²) in [4.78, 5) is 10.4. The minimum atomic E-state index is -1.16. The molecule has 0 bridgehead atoms. The fourth-order valence-corrected chi connectivity index (χ4v) is 0.819. The normalized spacial score (nSPS) is 8.69. The Morgan fingerprint density at radius 2 is 2.15 bits per heavy atom. The Balaban J connectivity index is 0. The zero-order valence-electron chi connectivity index (χ0n) is 8.44. The molecule has 0 heterocycles. The van der Waals surface area contributed by atoms with Crippen LogP contribution in [0.4, 0.5) is 0 Å². The molecule has 0 unspecified atom stereocenters. The Labute approximate surface area is 119 Å². The SMILES string of the molecule is COc1ccc(C(=O)O)c(O)c1.[H-].[K+]. The van der Waals surface area contributed by atoms with Gasteiger partial charge in [0.2, 0.25) is 0 Å². The molecule has 0 radical (unpaired) electrons. The van der Waals surface area contributed by atoms with Crippen molar-refractivity contribution >= 4 is 5.97 Å². The van der Waals surface area contributed by atoms with Gasteiger partial charge in [0, 0.05) is 6.07 Å². The largest absolute Gasteiger partial charge is 1.00 e. The van der Waals surface area contributed by atoms with Gasteiger partial charge in [-0.05, 0) is 12.1 Å². The third kappa shape index (κ3) is 3.28. The van der Waals surface area contributed by atoms with Crippen molar-refractivity contribution in [1.29, 1.82) is 0 Å². The Bertz CT molecular complexity index is 316. The number of rotatable bonds is 2. The van der Waals surface area contributed by atoms with E-state index in [9.17, 15) is 4.79 Å². The monoisotopic (exact) mass is 208 g/mol. The molecular weight excluding hydrogens is 199 g/mol. The first-order valence-corrected chi connectivity index (χ1v) is 3.25. The van der Waals surface area contributed by atoms with E-state index in [4.69, 9.17) is 14.9 Å². The topological polar surface area (TPSA) is 66.8 Å². The minimum Gasteiger partial charge on any atom is -1.00 e. The Morgan fingerprint density at radius 1 is 1.54 bits per heavy atom. The summed E-state index contributed by atoms with van der Waals surface area (Å²) in [5.74, 6) is -1.02. The van der Waals surface area contributed by atoms with Gasteiger partial charge in [-0.3, -0.25) is 0 Å². The average Bonchev–Trinajstić information content (AvgIpc) is 2.03. The number of aromatic hydroxyl groups is 1. The van der Waals surface area contributed by atoms with Crippen LogP contribution in [0.5, 0.6) is 11.5 Å². The van der Waals surface area contributed by atoms with Crippen molar-refractivity contribution in [2.75, 3.05) is 7.11 Å². The smallest absolute Gasteiger partial charge is 1.00 e. The molecule has 0 atom stereocenters. The molecule has 0 aliphatic rings. The summed E-state index contributed by atoms with van der Waals surface area (Å²) < 4.78 is 4.78. The van der Waals surface area contributed by atoms with Crippen LogP contribution in [0.15, 0.2) is 18.2 Å². The van der Waals surface area contributed by atoms with Gasteiger partial charge in [-0.15, -0.1) is 0 Å². The molecule has 1 aromatic rings. The van der Waals surface area contributed by atoms with Crippen LogP contribution in [0.1, 0.15) is 11.8 Å². The van der Waals surface area contributed by atoms with Gasteiger partial charge in [-0.1, -0.05) is 0 Å². The molecule has 0 aliphatic heterocycles. The number of hydrogen-bond acceptors (Lipinski definition) is 3. The maximum absolute atomic E-state index is 10.4. The van der Waals surface area contributed by atoms with Crippen molar-refractivity contribution < 1.29 is 72.6 Å². The summed E-state index contributed by atoms with van der Waals surface area (Å²) in [5.41, 5.74) is -0.129. The molecule has 0 fully saturated rings. The van der Waals surface area contributed by atoms with Gasteiger partial charge in [-0.2, -0.15) is 0 Å². The van der Waals surface area contributed by atoms with E-state index >= 15 is 0 Å².